The van der Waals surface area contributed by atoms with Crippen LogP contribution in [0.3, 0.4) is 0 Å². The summed E-state index contributed by atoms with van der Waals surface area (Å²) in [6.07, 6.45) is 0.101. The van der Waals surface area contributed by atoms with Crippen molar-refractivity contribution in [2.24, 2.45) is 0 Å². The van der Waals surface area contributed by atoms with Gasteiger partial charge in [-0.15, -0.1) is 0 Å². The maximum atomic E-state index is 11.7. The molecule has 4 heteroatoms. The molecule has 0 saturated carbocycles. The molecular weight excluding hydrogens is 218 g/mol. The van der Waals surface area contributed by atoms with E-state index in [-0.39, 0.29) is 18.2 Å². The molecule has 1 atom stereocenters. The number of hydrogen-bond donors (Lipinski definition) is 2. The van der Waals surface area contributed by atoms with E-state index < -0.39 is 6.10 Å². The Morgan fingerprint density at radius 3 is 2.94 bits per heavy atom. The lowest BCUT2D eigenvalue weighted by atomic mass is 10.2. The molecule has 0 aliphatic rings. The number of para-hydroxylation sites is 1. The third kappa shape index (κ3) is 2.65. The van der Waals surface area contributed by atoms with E-state index in [0.717, 1.165) is 5.39 Å². The fourth-order valence-electron chi connectivity index (χ4n) is 1.54. The van der Waals surface area contributed by atoms with Gasteiger partial charge in [0.1, 0.15) is 5.58 Å². The number of rotatable bonds is 4. The number of carbonyl (C=O) groups is 1. The molecule has 17 heavy (non-hydrogen) atoms. The van der Waals surface area contributed by atoms with Crippen molar-refractivity contribution in [3.8, 4) is 0 Å². The number of amides is 1. The van der Waals surface area contributed by atoms with E-state index in [1.807, 2.05) is 31.2 Å². The van der Waals surface area contributed by atoms with Gasteiger partial charge in [0, 0.05) is 11.9 Å². The Labute approximate surface area is 99.2 Å². The zero-order valence-corrected chi connectivity index (χ0v) is 9.64. The lowest BCUT2D eigenvalue weighted by molar-refractivity contribution is 0.0889. The van der Waals surface area contributed by atoms with Crippen LogP contribution < -0.4 is 5.32 Å². The molecule has 1 aromatic heterocycles. The highest BCUT2D eigenvalue weighted by Crippen LogP contribution is 2.18. The molecule has 0 bridgehead atoms. The summed E-state index contributed by atoms with van der Waals surface area (Å²) in [6.45, 7) is 2.10. The van der Waals surface area contributed by atoms with Crippen LogP contribution in [0.5, 0.6) is 0 Å². The Morgan fingerprint density at radius 2 is 2.24 bits per heavy atom. The molecule has 1 aromatic carbocycles. The summed E-state index contributed by atoms with van der Waals surface area (Å²) >= 11 is 0. The first-order valence-electron chi connectivity index (χ1n) is 5.65. The van der Waals surface area contributed by atoms with Crippen molar-refractivity contribution in [1.82, 2.24) is 5.32 Å². The number of hydrogen-bond acceptors (Lipinski definition) is 3. The SMILES string of the molecule is CCC(O)CNC(=O)c1cc2ccccc2o1. The van der Waals surface area contributed by atoms with E-state index in [9.17, 15) is 9.90 Å². The molecule has 0 aliphatic heterocycles. The van der Waals surface area contributed by atoms with E-state index in [0.29, 0.717) is 12.0 Å². The third-order valence-electron chi connectivity index (χ3n) is 2.62. The molecule has 0 aliphatic carbocycles. The molecule has 0 spiro atoms. The van der Waals surface area contributed by atoms with Crippen LogP contribution in [0.1, 0.15) is 23.9 Å². The van der Waals surface area contributed by atoms with Gasteiger partial charge in [-0.05, 0) is 18.6 Å². The average molecular weight is 233 g/mol. The molecule has 4 nitrogen and oxygen atoms in total. The molecular formula is C13H15NO3. The largest absolute Gasteiger partial charge is 0.451 e. The van der Waals surface area contributed by atoms with Crippen LogP contribution in [0.15, 0.2) is 34.7 Å². The molecule has 1 amide bonds. The van der Waals surface area contributed by atoms with Crippen LogP contribution >= 0.6 is 0 Å². The van der Waals surface area contributed by atoms with Gasteiger partial charge in [-0.2, -0.15) is 0 Å². The topological polar surface area (TPSA) is 62.5 Å². The smallest absolute Gasteiger partial charge is 0.287 e. The van der Waals surface area contributed by atoms with Crippen LogP contribution in [-0.2, 0) is 0 Å². The highest BCUT2D eigenvalue weighted by Gasteiger charge is 2.12. The second-order valence-corrected chi connectivity index (χ2v) is 3.92. The van der Waals surface area contributed by atoms with Crippen LogP contribution in [0, 0.1) is 0 Å². The van der Waals surface area contributed by atoms with Crippen molar-refractivity contribution in [3.05, 3.63) is 36.1 Å². The van der Waals surface area contributed by atoms with Crippen LogP contribution in [0.2, 0.25) is 0 Å². The first-order valence-corrected chi connectivity index (χ1v) is 5.65. The summed E-state index contributed by atoms with van der Waals surface area (Å²) in [5, 5.41) is 12.9. The number of aliphatic hydroxyl groups is 1. The lowest BCUT2D eigenvalue weighted by Crippen LogP contribution is -2.31. The number of benzene rings is 1. The summed E-state index contributed by atoms with van der Waals surface area (Å²) in [5.41, 5.74) is 0.689. The monoisotopic (exact) mass is 233 g/mol. The Bertz CT molecular complexity index is 485. The number of furan rings is 1. The van der Waals surface area contributed by atoms with Crippen molar-refractivity contribution < 1.29 is 14.3 Å². The Balaban J connectivity index is 2.08. The van der Waals surface area contributed by atoms with Gasteiger partial charge >= 0.3 is 0 Å². The van der Waals surface area contributed by atoms with Crippen LogP contribution in [0.4, 0.5) is 0 Å². The van der Waals surface area contributed by atoms with Gasteiger partial charge in [0.2, 0.25) is 0 Å². The average Bonchev–Trinajstić information content (AvgIpc) is 2.79. The van der Waals surface area contributed by atoms with Crippen molar-refractivity contribution in [1.29, 1.82) is 0 Å². The quantitative estimate of drug-likeness (QED) is 0.848. The normalized spacial score (nSPS) is 12.6. The summed E-state index contributed by atoms with van der Waals surface area (Å²) in [5.74, 6) is -0.0248. The van der Waals surface area contributed by atoms with E-state index in [2.05, 4.69) is 5.32 Å². The van der Waals surface area contributed by atoms with Gasteiger partial charge < -0.3 is 14.8 Å². The van der Waals surface area contributed by atoms with Crippen molar-refractivity contribution >= 4 is 16.9 Å². The first kappa shape index (κ1) is 11.7. The molecule has 1 unspecified atom stereocenters. The molecule has 0 radical (unpaired) electrons. The molecule has 2 aromatic rings. The predicted molar refractivity (Wildman–Crippen MR) is 64.8 cm³/mol. The Morgan fingerprint density at radius 1 is 1.47 bits per heavy atom. The molecule has 2 rings (SSSR count). The van der Waals surface area contributed by atoms with Crippen LogP contribution in [-0.4, -0.2) is 23.7 Å². The van der Waals surface area contributed by atoms with E-state index in [1.54, 1.807) is 6.07 Å². The van der Waals surface area contributed by atoms with E-state index >= 15 is 0 Å². The molecule has 2 N–H and O–H groups in total. The van der Waals surface area contributed by atoms with Gasteiger partial charge in [-0.3, -0.25) is 4.79 Å². The molecule has 0 saturated heterocycles. The summed E-state index contributed by atoms with van der Waals surface area (Å²) < 4.78 is 5.40. The third-order valence-corrected chi connectivity index (χ3v) is 2.62. The minimum absolute atomic E-state index is 0.242. The molecule has 90 valence electrons. The first-order chi connectivity index (χ1) is 8.20. The minimum atomic E-state index is -0.511. The number of carbonyl (C=O) groups excluding carboxylic acids is 1. The molecule has 0 fully saturated rings. The summed E-state index contributed by atoms with van der Waals surface area (Å²) in [6, 6.07) is 9.14. The standard InChI is InChI=1S/C13H15NO3/c1-2-10(15)8-14-13(16)12-7-9-5-3-4-6-11(9)17-12/h3-7,10,15H,2,8H2,1H3,(H,14,16). The van der Waals surface area contributed by atoms with Crippen LogP contribution in [0.25, 0.3) is 11.0 Å². The number of nitrogens with one attached hydrogen (secondary N) is 1. The van der Waals surface area contributed by atoms with Crippen molar-refractivity contribution in [3.63, 3.8) is 0 Å². The fourth-order valence-corrected chi connectivity index (χ4v) is 1.54. The highest BCUT2D eigenvalue weighted by atomic mass is 16.3. The number of fused-ring (bicyclic) bond motifs is 1. The minimum Gasteiger partial charge on any atom is -0.451 e. The fraction of sp³-hybridized carbons (Fsp3) is 0.308. The van der Waals surface area contributed by atoms with E-state index in [1.165, 1.54) is 0 Å². The van der Waals surface area contributed by atoms with Crippen molar-refractivity contribution in [2.75, 3.05) is 6.54 Å². The number of aliphatic hydroxyl groups excluding tert-OH is 1. The second-order valence-electron chi connectivity index (χ2n) is 3.92. The van der Waals surface area contributed by atoms with Gasteiger partial charge in [0.15, 0.2) is 5.76 Å². The van der Waals surface area contributed by atoms with Gasteiger partial charge in [0.25, 0.3) is 5.91 Å². The summed E-state index contributed by atoms with van der Waals surface area (Å²) in [4.78, 5) is 11.7. The summed E-state index contributed by atoms with van der Waals surface area (Å²) in [7, 11) is 0. The van der Waals surface area contributed by atoms with Gasteiger partial charge in [-0.1, -0.05) is 25.1 Å². The van der Waals surface area contributed by atoms with E-state index in [4.69, 9.17) is 4.42 Å². The maximum Gasteiger partial charge on any atom is 0.287 e. The highest BCUT2D eigenvalue weighted by molar-refractivity contribution is 5.96. The Hall–Kier alpha value is -1.81. The molecule has 1 heterocycles. The van der Waals surface area contributed by atoms with Gasteiger partial charge in [-0.25, -0.2) is 0 Å². The Kier molecular flexibility index (Phi) is 3.44. The zero-order valence-electron chi connectivity index (χ0n) is 9.64. The maximum absolute atomic E-state index is 11.7. The van der Waals surface area contributed by atoms with Crippen molar-refractivity contribution in [2.45, 2.75) is 19.4 Å². The van der Waals surface area contributed by atoms with Gasteiger partial charge in [0.05, 0.1) is 6.10 Å². The predicted octanol–water partition coefficient (Wildman–Crippen LogP) is 1.93. The second kappa shape index (κ2) is 5.01. The zero-order chi connectivity index (χ0) is 12.3. The lowest BCUT2D eigenvalue weighted by Gasteiger charge is -2.07.